The number of anilines is 2. The zero-order valence-electron chi connectivity index (χ0n) is 23.8. The standard InChI is InChI=1S/C33H25Br2N3O6S2/c34-14-1-6-17(7-2-14)38-31(41)26-20-12-21(27(26)32(38)42)28-25(20)24(29-30(45-28)37-33(43)46-29)19-11-15(35)3-10-22(19)44-13-23(40)36-16-4-8-18(39)9-5-16/h1-11,20-21,24-28,39H,12-13H2,(H,36,40)(H,37,43)/t20?,21?,24-,25?,26?,27?,28?/m1/s1. The zero-order valence-corrected chi connectivity index (χ0v) is 28.6. The molecule has 3 aromatic carbocycles. The van der Waals surface area contributed by atoms with Crippen molar-refractivity contribution in [2.45, 2.75) is 22.6 Å². The van der Waals surface area contributed by atoms with E-state index in [4.69, 9.17) is 4.74 Å². The monoisotopic (exact) mass is 781 g/mol. The summed E-state index contributed by atoms with van der Waals surface area (Å²) in [5.41, 5.74) is 1.93. The van der Waals surface area contributed by atoms with Gasteiger partial charge in [0, 0.05) is 36.2 Å². The van der Waals surface area contributed by atoms with Crippen molar-refractivity contribution >= 4 is 84.1 Å². The number of imide groups is 1. The number of halogens is 2. The number of hydrogen-bond acceptors (Lipinski definition) is 8. The van der Waals surface area contributed by atoms with Gasteiger partial charge < -0.3 is 20.1 Å². The molecule has 3 N–H and O–H groups in total. The van der Waals surface area contributed by atoms with E-state index in [0.29, 0.717) is 17.1 Å². The smallest absolute Gasteiger partial charge is 0.305 e. The van der Waals surface area contributed by atoms with Crippen LogP contribution >= 0.6 is 55.0 Å². The average molecular weight is 784 g/mol. The molecule has 6 unspecified atom stereocenters. The number of amides is 3. The molecule has 9 nitrogen and oxygen atoms in total. The van der Waals surface area contributed by atoms with Gasteiger partial charge in [-0.15, -0.1) is 11.8 Å². The molecule has 46 heavy (non-hydrogen) atoms. The number of nitrogens with one attached hydrogen (secondary N) is 2. The second kappa shape index (κ2) is 11.4. The van der Waals surface area contributed by atoms with Crippen LogP contribution in [0, 0.1) is 29.6 Å². The molecule has 13 heteroatoms. The van der Waals surface area contributed by atoms with Crippen molar-refractivity contribution in [1.29, 1.82) is 0 Å². The van der Waals surface area contributed by atoms with Crippen LogP contribution in [-0.4, -0.2) is 39.7 Å². The van der Waals surface area contributed by atoms with E-state index in [2.05, 4.69) is 42.2 Å². The lowest BCUT2D eigenvalue weighted by Crippen LogP contribution is -2.42. The van der Waals surface area contributed by atoms with Gasteiger partial charge in [0.1, 0.15) is 11.5 Å². The van der Waals surface area contributed by atoms with Gasteiger partial charge in [0.25, 0.3) is 5.91 Å². The molecule has 3 heterocycles. The Morgan fingerprint density at radius 3 is 2.39 bits per heavy atom. The summed E-state index contributed by atoms with van der Waals surface area (Å²) in [6.07, 6.45) is 0.762. The van der Waals surface area contributed by atoms with Gasteiger partial charge in [0.05, 0.1) is 22.5 Å². The predicted octanol–water partition coefficient (Wildman–Crippen LogP) is 6.36. The summed E-state index contributed by atoms with van der Waals surface area (Å²) < 4.78 is 7.84. The van der Waals surface area contributed by atoms with Crippen LogP contribution in [-0.2, 0) is 14.4 Å². The summed E-state index contributed by atoms with van der Waals surface area (Å²) in [5.74, 6) is -1.28. The van der Waals surface area contributed by atoms with Gasteiger partial charge in [-0.1, -0.05) is 43.2 Å². The van der Waals surface area contributed by atoms with Gasteiger partial charge in [0.2, 0.25) is 11.8 Å². The molecule has 0 radical (unpaired) electrons. The normalized spacial score (nSPS) is 27.3. The number of phenols is 1. The molecule has 2 aliphatic heterocycles. The first-order valence-electron chi connectivity index (χ1n) is 14.7. The lowest BCUT2D eigenvalue weighted by molar-refractivity contribution is -0.123. The van der Waals surface area contributed by atoms with E-state index < -0.39 is 11.8 Å². The van der Waals surface area contributed by atoms with Crippen molar-refractivity contribution in [1.82, 2.24) is 4.98 Å². The number of benzene rings is 3. The first-order chi connectivity index (χ1) is 22.2. The fraction of sp³-hybridized carbons (Fsp3) is 0.273. The fourth-order valence-corrected chi connectivity index (χ4v) is 11.5. The summed E-state index contributed by atoms with van der Waals surface area (Å²) in [6.45, 7) is -0.257. The number of fused-ring (bicyclic) bond motifs is 9. The molecule has 7 atom stereocenters. The Morgan fingerprint density at radius 2 is 1.65 bits per heavy atom. The van der Waals surface area contributed by atoms with Crippen LogP contribution in [0.5, 0.6) is 11.5 Å². The SMILES string of the molecule is O=C(COc1ccc(Br)cc1[C@H]1c2sc(=O)[nH]c2SC2C3CC(C4C(=O)N(c5ccc(Br)cc5)C(=O)C34)C21)Nc1ccc(O)cc1. The van der Waals surface area contributed by atoms with Crippen molar-refractivity contribution in [3.63, 3.8) is 0 Å². The highest BCUT2D eigenvalue weighted by atomic mass is 79.9. The van der Waals surface area contributed by atoms with Gasteiger partial charge >= 0.3 is 4.87 Å². The molecule has 2 aliphatic carbocycles. The Morgan fingerprint density at radius 1 is 0.957 bits per heavy atom. The van der Waals surface area contributed by atoms with E-state index in [1.807, 2.05) is 30.3 Å². The van der Waals surface area contributed by atoms with Crippen molar-refractivity contribution in [3.05, 3.63) is 95.8 Å². The van der Waals surface area contributed by atoms with E-state index >= 15 is 0 Å². The molecule has 0 spiro atoms. The zero-order chi connectivity index (χ0) is 31.9. The predicted molar refractivity (Wildman–Crippen MR) is 182 cm³/mol. The number of rotatable bonds is 6. The molecular formula is C33H25Br2N3O6S2. The lowest BCUT2D eigenvalue weighted by atomic mass is 9.68. The maximum atomic E-state index is 14.0. The third kappa shape index (κ3) is 4.85. The van der Waals surface area contributed by atoms with Crippen molar-refractivity contribution < 1.29 is 24.2 Å². The van der Waals surface area contributed by atoms with E-state index in [-0.39, 0.29) is 63.9 Å². The summed E-state index contributed by atoms with van der Waals surface area (Å²) in [7, 11) is 0. The molecule has 3 fully saturated rings. The number of aromatic amines is 1. The summed E-state index contributed by atoms with van der Waals surface area (Å²) in [6, 6.07) is 19.0. The molecule has 1 saturated heterocycles. The number of H-pyrrole nitrogens is 1. The van der Waals surface area contributed by atoms with Gasteiger partial charge in [-0.2, -0.15) is 0 Å². The van der Waals surface area contributed by atoms with Crippen LogP contribution in [0.3, 0.4) is 0 Å². The van der Waals surface area contributed by atoms with Gasteiger partial charge in [-0.05, 0) is 90.9 Å². The van der Waals surface area contributed by atoms with Gasteiger partial charge in [0.15, 0.2) is 6.61 Å². The van der Waals surface area contributed by atoms with Crippen LogP contribution < -0.4 is 19.8 Å². The van der Waals surface area contributed by atoms with Gasteiger partial charge in [-0.25, -0.2) is 0 Å². The Kier molecular flexibility index (Phi) is 7.42. The molecule has 8 rings (SSSR count). The second-order valence-corrected chi connectivity index (χ2v) is 16.0. The minimum atomic E-state index is -0.435. The summed E-state index contributed by atoms with van der Waals surface area (Å²) in [5, 5.41) is 13.1. The number of ether oxygens (including phenoxy) is 1. The number of carbonyl (C=O) groups excluding carboxylic acids is 3. The number of phenolic OH excluding ortho intramolecular Hbond substituents is 1. The Balaban J connectivity index is 1.14. The molecular weight excluding hydrogens is 758 g/mol. The molecule has 234 valence electrons. The number of carbonyl (C=O) groups is 3. The summed E-state index contributed by atoms with van der Waals surface area (Å²) in [4.78, 5) is 58.7. The van der Waals surface area contributed by atoms with Crippen LogP contribution in [0.2, 0.25) is 0 Å². The van der Waals surface area contributed by atoms with Crippen LogP contribution in [0.25, 0.3) is 0 Å². The van der Waals surface area contributed by atoms with Crippen molar-refractivity contribution in [3.8, 4) is 11.5 Å². The van der Waals surface area contributed by atoms with Gasteiger partial charge in [-0.3, -0.25) is 24.1 Å². The third-order valence-electron chi connectivity index (χ3n) is 9.63. The van der Waals surface area contributed by atoms with Crippen molar-refractivity contribution in [2.75, 3.05) is 16.8 Å². The first kappa shape index (κ1) is 30.0. The van der Waals surface area contributed by atoms with Crippen molar-refractivity contribution in [2.24, 2.45) is 29.6 Å². The highest BCUT2D eigenvalue weighted by Gasteiger charge is 2.69. The molecule has 2 saturated carbocycles. The number of hydrogen-bond donors (Lipinski definition) is 3. The van der Waals surface area contributed by atoms with E-state index in [9.17, 15) is 24.3 Å². The number of thioether (sulfide) groups is 1. The first-order valence-corrected chi connectivity index (χ1v) is 18.0. The largest absolute Gasteiger partial charge is 0.508 e. The Bertz CT molecular complexity index is 1960. The van der Waals surface area contributed by atoms with E-state index in [0.717, 1.165) is 30.8 Å². The second-order valence-electron chi connectivity index (χ2n) is 12.0. The minimum absolute atomic E-state index is 0.0141. The number of aromatic nitrogens is 1. The molecule has 1 aromatic heterocycles. The topological polar surface area (TPSA) is 129 Å². The van der Waals surface area contributed by atoms with Crippen LogP contribution in [0.1, 0.15) is 22.8 Å². The fourth-order valence-electron chi connectivity index (χ4n) is 7.99. The number of nitrogens with zero attached hydrogens (tertiary/aromatic N) is 1. The highest BCUT2D eigenvalue weighted by Crippen LogP contribution is 2.69. The molecule has 4 aliphatic rings. The third-order valence-corrected chi connectivity index (χ3v) is 13.2. The Labute approximate surface area is 288 Å². The van der Waals surface area contributed by atoms with E-state index in [1.54, 1.807) is 36.0 Å². The van der Waals surface area contributed by atoms with E-state index in [1.165, 1.54) is 28.4 Å². The molecule has 3 amide bonds. The minimum Gasteiger partial charge on any atom is -0.508 e. The Hall–Kier alpha value is -3.39. The maximum absolute atomic E-state index is 14.0. The quantitative estimate of drug-likeness (QED) is 0.153. The number of thiazole rings is 1. The highest BCUT2D eigenvalue weighted by molar-refractivity contribution is 9.10. The number of aromatic hydroxyl groups is 1. The lowest BCUT2D eigenvalue weighted by Gasteiger charge is -2.43. The molecule has 4 aromatic rings. The van der Waals surface area contributed by atoms with Crippen LogP contribution in [0.4, 0.5) is 11.4 Å². The average Bonchev–Trinajstić information content (AvgIpc) is 3.77. The maximum Gasteiger partial charge on any atom is 0.305 e. The molecule has 2 bridgehead atoms. The van der Waals surface area contributed by atoms with Crippen LogP contribution in [0.15, 0.2) is 85.5 Å². The summed E-state index contributed by atoms with van der Waals surface area (Å²) >= 11 is 9.84.